The van der Waals surface area contributed by atoms with Crippen molar-refractivity contribution < 1.29 is 9.59 Å². The summed E-state index contributed by atoms with van der Waals surface area (Å²) in [6.07, 6.45) is 3.52. The maximum absolute atomic E-state index is 11.8. The average molecular weight is 280 g/mol. The van der Waals surface area contributed by atoms with E-state index < -0.39 is 0 Å². The van der Waals surface area contributed by atoms with Gasteiger partial charge in [0, 0.05) is 24.9 Å². The molecule has 0 bridgehead atoms. The molecule has 104 valence electrons. The van der Waals surface area contributed by atoms with Gasteiger partial charge in [-0.15, -0.1) is 0 Å². The summed E-state index contributed by atoms with van der Waals surface area (Å²) >= 11 is 1.63. The van der Waals surface area contributed by atoms with Crippen molar-refractivity contribution in [2.24, 2.45) is 0 Å². The molecule has 1 aliphatic heterocycles. The summed E-state index contributed by atoms with van der Waals surface area (Å²) in [5.74, 6) is 0.167. The lowest BCUT2D eigenvalue weighted by Gasteiger charge is -2.27. The molecule has 0 aromatic carbocycles. The molecule has 1 aromatic heterocycles. The first kappa shape index (κ1) is 14.1. The van der Waals surface area contributed by atoms with Gasteiger partial charge in [0.05, 0.1) is 0 Å². The Labute approximate surface area is 117 Å². The number of carbonyl (C=O) groups excluding carboxylic acids is 2. The van der Waals surface area contributed by atoms with Gasteiger partial charge < -0.3 is 10.6 Å². The summed E-state index contributed by atoms with van der Waals surface area (Å²) in [6.45, 7) is 2.66. The summed E-state index contributed by atoms with van der Waals surface area (Å²) in [5, 5.41) is 9.98. The first-order valence-electron chi connectivity index (χ1n) is 6.72. The van der Waals surface area contributed by atoms with Gasteiger partial charge in [-0.05, 0) is 41.7 Å². The minimum absolute atomic E-state index is 0.0557. The molecule has 19 heavy (non-hydrogen) atoms. The second-order valence-electron chi connectivity index (χ2n) is 5.09. The maximum atomic E-state index is 11.8. The van der Waals surface area contributed by atoms with Crippen molar-refractivity contribution in [2.45, 2.75) is 51.1 Å². The number of amides is 2. The summed E-state index contributed by atoms with van der Waals surface area (Å²) in [7, 11) is 0. The van der Waals surface area contributed by atoms with Crippen LogP contribution < -0.4 is 10.6 Å². The Morgan fingerprint density at radius 3 is 3.00 bits per heavy atom. The molecule has 2 rings (SSSR count). The number of hydrogen-bond donors (Lipinski definition) is 2. The molecule has 1 fully saturated rings. The van der Waals surface area contributed by atoms with Gasteiger partial charge in [0.1, 0.15) is 0 Å². The molecule has 0 saturated carbocycles. The summed E-state index contributed by atoms with van der Waals surface area (Å²) in [6, 6.07) is 2.01. The lowest BCUT2D eigenvalue weighted by Crippen LogP contribution is -2.42. The molecule has 1 unspecified atom stereocenters. The molecule has 2 amide bonds. The monoisotopic (exact) mass is 280 g/mol. The van der Waals surface area contributed by atoms with E-state index in [1.165, 1.54) is 0 Å². The Morgan fingerprint density at radius 1 is 1.58 bits per heavy atom. The second-order valence-corrected chi connectivity index (χ2v) is 5.87. The van der Waals surface area contributed by atoms with Crippen molar-refractivity contribution in [3.63, 3.8) is 0 Å². The van der Waals surface area contributed by atoms with Crippen molar-refractivity contribution >= 4 is 23.2 Å². The van der Waals surface area contributed by atoms with Gasteiger partial charge in [-0.25, -0.2) is 0 Å². The van der Waals surface area contributed by atoms with Crippen LogP contribution in [0.4, 0.5) is 0 Å². The van der Waals surface area contributed by atoms with Gasteiger partial charge in [0.25, 0.3) is 0 Å². The number of nitrogens with one attached hydrogen (secondary N) is 2. The normalized spacial score (nSPS) is 22.3. The van der Waals surface area contributed by atoms with Crippen molar-refractivity contribution in [1.82, 2.24) is 10.6 Å². The molecule has 2 heterocycles. The Morgan fingerprint density at radius 2 is 2.42 bits per heavy atom. The zero-order valence-electron chi connectivity index (χ0n) is 11.2. The fraction of sp³-hybridized carbons (Fsp3) is 0.571. The number of rotatable bonds is 6. The molecule has 5 heteroatoms. The van der Waals surface area contributed by atoms with Crippen molar-refractivity contribution in [1.29, 1.82) is 0 Å². The highest BCUT2D eigenvalue weighted by molar-refractivity contribution is 7.07. The van der Waals surface area contributed by atoms with Crippen LogP contribution in [-0.2, 0) is 16.1 Å². The molecular formula is C14H20N2O2S. The Kier molecular flexibility index (Phi) is 4.58. The van der Waals surface area contributed by atoms with Gasteiger partial charge in [-0.2, -0.15) is 11.3 Å². The van der Waals surface area contributed by atoms with Crippen LogP contribution in [-0.4, -0.2) is 17.4 Å². The maximum Gasteiger partial charge on any atom is 0.220 e. The highest BCUT2D eigenvalue weighted by atomic mass is 32.1. The topological polar surface area (TPSA) is 58.2 Å². The molecule has 0 aliphatic carbocycles. The fourth-order valence-electron chi connectivity index (χ4n) is 2.44. The van der Waals surface area contributed by atoms with Crippen LogP contribution in [0.25, 0.3) is 0 Å². The van der Waals surface area contributed by atoms with Gasteiger partial charge in [0.2, 0.25) is 11.8 Å². The average Bonchev–Trinajstić information content (AvgIpc) is 3.04. The SMILES string of the molecule is CCC1(CCC(=O)NCc2ccsc2)CCC(=O)N1. The molecule has 1 atom stereocenters. The molecule has 0 radical (unpaired) electrons. The smallest absolute Gasteiger partial charge is 0.220 e. The third-order valence-electron chi connectivity index (χ3n) is 3.81. The van der Waals surface area contributed by atoms with E-state index in [0.29, 0.717) is 19.4 Å². The van der Waals surface area contributed by atoms with E-state index in [1.54, 1.807) is 11.3 Å². The van der Waals surface area contributed by atoms with Crippen LogP contribution in [0.5, 0.6) is 0 Å². The lowest BCUT2D eigenvalue weighted by molar-refractivity contribution is -0.122. The highest BCUT2D eigenvalue weighted by Gasteiger charge is 2.35. The van der Waals surface area contributed by atoms with Gasteiger partial charge in [-0.1, -0.05) is 6.92 Å². The summed E-state index contributed by atoms with van der Waals surface area (Å²) in [5.41, 5.74) is 0.981. The fourth-order valence-corrected chi connectivity index (χ4v) is 3.11. The quantitative estimate of drug-likeness (QED) is 0.839. The second kappa shape index (κ2) is 6.19. The van der Waals surface area contributed by atoms with Crippen LogP contribution in [0, 0.1) is 0 Å². The predicted molar refractivity (Wildman–Crippen MR) is 75.8 cm³/mol. The van der Waals surface area contributed by atoms with Crippen molar-refractivity contribution in [2.75, 3.05) is 0 Å². The molecule has 1 aromatic rings. The zero-order chi connectivity index (χ0) is 13.7. The van der Waals surface area contributed by atoms with E-state index in [4.69, 9.17) is 0 Å². The van der Waals surface area contributed by atoms with E-state index >= 15 is 0 Å². The molecule has 2 N–H and O–H groups in total. The van der Waals surface area contributed by atoms with Crippen LogP contribution in [0.3, 0.4) is 0 Å². The third kappa shape index (κ3) is 3.80. The van der Waals surface area contributed by atoms with Crippen LogP contribution in [0.2, 0.25) is 0 Å². The van der Waals surface area contributed by atoms with Crippen molar-refractivity contribution in [3.8, 4) is 0 Å². The minimum atomic E-state index is -0.156. The van der Waals surface area contributed by atoms with Crippen molar-refractivity contribution in [3.05, 3.63) is 22.4 Å². The zero-order valence-corrected chi connectivity index (χ0v) is 12.0. The van der Waals surface area contributed by atoms with E-state index in [1.807, 2.05) is 16.8 Å². The number of thiophene rings is 1. The largest absolute Gasteiger partial charge is 0.352 e. The van der Waals surface area contributed by atoms with E-state index in [0.717, 1.165) is 24.8 Å². The standard InChI is InChI=1S/C14H20N2O2S/c1-2-14(7-4-13(18)16-14)6-3-12(17)15-9-11-5-8-19-10-11/h5,8,10H,2-4,6-7,9H2,1H3,(H,15,17)(H,16,18). The highest BCUT2D eigenvalue weighted by Crippen LogP contribution is 2.28. The molecule has 1 saturated heterocycles. The van der Waals surface area contributed by atoms with Gasteiger partial charge in [0.15, 0.2) is 0 Å². The molecule has 0 spiro atoms. The van der Waals surface area contributed by atoms with Crippen LogP contribution in [0.1, 0.15) is 44.6 Å². The van der Waals surface area contributed by atoms with E-state index in [-0.39, 0.29) is 17.4 Å². The molecule has 1 aliphatic rings. The molecular weight excluding hydrogens is 260 g/mol. The Balaban J connectivity index is 1.75. The summed E-state index contributed by atoms with van der Waals surface area (Å²) in [4.78, 5) is 23.1. The Bertz CT molecular complexity index is 444. The predicted octanol–water partition coefficient (Wildman–Crippen LogP) is 2.20. The van der Waals surface area contributed by atoms with Gasteiger partial charge >= 0.3 is 0 Å². The van der Waals surface area contributed by atoms with E-state index in [2.05, 4.69) is 17.6 Å². The van der Waals surface area contributed by atoms with Crippen LogP contribution >= 0.6 is 11.3 Å². The first-order valence-corrected chi connectivity index (χ1v) is 7.67. The Hall–Kier alpha value is -1.36. The summed E-state index contributed by atoms with van der Waals surface area (Å²) < 4.78 is 0. The number of carbonyl (C=O) groups is 2. The number of hydrogen-bond acceptors (Lipinski definition) is 3. The van der Waals surface area contributed by atoms with Gasteiger partial charge in [-0.3, -0.25) is 9.59 Å². The van der Waals surface area contributed by atoms with E-state index in [9.17, 15) is 9.59 Å². The third-order valence-corrected chi connectivity index (χ3v) is 4.54. The lowest BCUT2D eigenvalue weighted by atomic mass is 9.89. The minimum Gasteiger partial charge on any atom is -0.352 e. The first-order chi connectivity index (χ1) is 9.13. The van der Waals surface area contributed by atoms with Crippen LogP contribution in [0.15, 0.2) is 16.8 Å². The molecule has 4 nitrogen and oxygen atoms in total.